The van der Waals surface area contributed by atoms with Crippen LogP contribution in [0.2, 0.25) is 0 Å². The molecule has 0 unspecified atom stereocenters. The fourth-order valence-electron chi connectivity index (χ4n) is 2.91. The van der Waals surface area contributed by atoms with Crippen LogP contribution in [-0.4, -0.2) is 49.1 Å². The van der Waals surface area contributed by atoms with E-state index >= 15 is 0 Å². The molecule has 3 aromatic rings. The van der Waals surface area contributed by atoms with Gasteiger partial charge in [-0.15, -0.1) is 0 Å². The van der Waals surface area contributed by atoms with Gasteiger partial charge in [-0.25, -0.2) is 0 Å². The van der Waals surface area contributed by atoms with Gasteiger partial charge in [-0.1, -0.05) is 30.3 Å². The Balaban J connectivity index is 1.42. The molecule has 2 N–H and O–H groups in total. The van der Waals surface area contributed by atoms with Gasteiger partial charge in [-0.05, 0) is 66.3 Å². The number of hydrogen-bond acceptors (Lipinski definition) is 5. The van der Waals surface area contributed by atoms with Gasteiger partial charge in [0.05, 0.1) is 6.42 Å². The molecule has 3 aromatic carbocycles. The first-order valence-corrected chi connectivity index (χ1v) is 11.1. The Bertz CT molecular complexity index is 1100. The first-order valence-electron chi connectivity index (χ1n) is 10.7. The van der Waals surface area contributed by atoms with E-state index in [4.69, 9.17) is 21.7 Å². The molecule has 0 spiro atoms. The Kier molecular flexibility index (Phi) is 8.99. The standard InChI is InChI=1S/C26H27N3O4S/c1-29(2)24(30)18-19-8-12-21(13-9-19)27-26(34)28-25(31)20-10-14-23(15-11-20)33-17-16-32-22-6-4-3-5-7-22/h3-15H,16-18H2,1-2H3,(H2,27,28,31,34). The minimum absolute atomic E-state index is 0.0282. The molecule has 34 heavy (non-hydrogen) atoms. The Morgan fingerprint density at radius 3 is 2.00 bits per heavy atom. The monoisotopic (exact) mass is 477 g/mol. The molecule has 0 saturated carbocycles. The highest BCUT2D eigenvalue weighted by atomic mass is 32.1. The van der Waals surface area contributed by atoms with Crippen molar-refractivity contribution >= 4 is 34.8 Å². The van der Waals surface area contributed by atoms with Crippen LogP contribution in [0.4, 0.5) is 5.69 Å². The number of amides is 2. The van der Waals surface area contributed by atoms with Gasteiger partial charge in [0.2, 0.25) is 5.91 Å². The summed E-state index contributed by atoms with van der Waals surface area (Å²) in [5.41, 5.74) is 2.07. The van der Waals surface area contributed by atoms with Crippen molar-refractivity contribution in [1.82, 2.24) is 10.2 Å². The molecule has 0 saturated heterocycles. The third kappa shape index (κ3) is 7.90. The lowest BCUT2D eigenvalue weighted by Crippen LogP contribution is -2.34. The minimum atomic E-state index is -0.329. The first-order chi connectivity index (χ1) is 16.4. The summed E-state index contributed by atoms with van der Waals surface area (Å²) >= 11 is 5.24. The summed E-state index contributed by atoms with van der Waals surface area (Å²) in [5, 5.41) is 5.81. The molecule has 2 amide bonds. The maximum absolute atomic E-state index is 12.5. The Hall–Kier alpha value is -3.91. The molecule has 0 heterocycles. The summed E-state index contributed by atoms with van der Waals surface area (Å²) in [5.74, 6) is 1.13. The molecule has 0 aliphatic heterocycles. The summed E-state index contributed by atoms with van der Waals surface area (Å²) in [4.78, 5) is 25.8. The summed E-state index contributed by atoms with van der Waals surface area (Å²) in [6, 6.07) is 23.6. The number of rotatable bonds is 9. The normalized spacial score (nSPS) is 10.2. The van der Waals surface area contributed by atoms with Crippen LogP contribution in [0.25, 0.3) is 0 Å². The van der Waals surface area contributed by atoms with Crippen molar-refractivity contribution in [2.24, 2.45) is 0 Å². The van der Waals surface area contributed by atoms with E-state index in [0.29, 0.717) is 36.6 Å². The van der Waals surface area contributed by atoms with Crippen molar-refractivity contribution in [1.29, 1.82) is 0 Å². The molecule has 8 heteroatoms. The number of carbonyl (C=O) groups excluding carboxylic acids is 2. The van der Waals surface area contributed by atoms with E-state index in [1.165, 1.54) is 0 Å². The van der Waals surface area contributed by atoms with Crippen molar-refractivity contribution in [2.75, 3.05) is 32.6 Å². The number of para-hydroxylation sites is 1. The lowest BCUT2D eigenvalue weighted by molar-refractivity contribution is -0.127. The topological polar surface area (TPSA) is 79.9 Å². The molecule has 0 radical (unpaired) electrons. The van der Waals surface area contributed by atoms with E-state index < -0.39 is 0 Å². The number of nitrogens with one attached hydrogen (secondary N) is 2. The van der Waals surface area contributed by atoms with Crippen molar-refractivity contribution in [2.45, 2.75) is 6.42 Å². The molecule has 0 aliphatic carbocycles. The van der Waals surface area contributed by atoms with E-state index in [0.717, 1.165) is 11.3 Å². The highest BCUT2D eigenvalue weighted by Gasteiger charge is 2.09. The van der Waals surface area contributed by atoms with Gasteiger partial charge >= 0.3 is 0 Å². The summed E-state index contributed by atoms with van der Waals surface area (Å²) in [7, 11) is 3.45. The summed E-state index contributed by atoms with van der Waals surface area (Å²) in [6.07, 6.45) is 0.328. The molecular formula is C26H27N3O4S. The van der Waals surface area contributed by atoms with Gasteiger partial charge in [0.1, 0.15) is 24.7 Å². The quantitative estimate of drug-likeness (QED) is 0.359. The predicted molar refractivity (Wildman–Crippen MR) is 136 cm³/mol. The molecular weight excluding hydrogens is 450 g/mol. The lowest BCUT2D eigenvalue weighted by Gasteiger charge is -2.12. The second-order valence-electron chi connectivity index (χ2n) is 7.60. The SMILES string of the molecule is CN(C)C(=O)Cc1ccc(NC(=S)NC(=O)c2ccc(OCCOc3ccccc3)cc2)cc1. The van der Waals surface area contributed by atoms with E-state index in [1.807, 2.05) is 54.6 Å². The Morgan fingerprint density at radius 2 is 1.41 bits per heavy atom. The van der Waals surface area contributed by atoms with E-state index in [1.54, 1.807) is 43.3 Å². The van der Waals surface area contributed by atoms with Crippen LogP contribution in [0, 0.1) is 0 Å². The minimum Gasteiger partial charge on any atom is -0.490 e. The average Bonchev–Trinajstić information content (AvgIpc) is 2.84. The van der Waals surface area contributed by atoms with Gasteiger partial charge in [0.25, 0.3) is 5.91 Å². The van der Waals surface area contributed by atoms with Crippen LogP contribution in [0.1, 0.15) is 15.9 Å². The number of nitrogens with zero attached hydrogens (tertiary/aromatic N) is 1. The molecule has 3 rings (SSSR count). The van der Waals surface area contributed by atoms with E-state index in [2.05, 4.69) is 10.6 Å². The second kappa shape index (κ2) is 12.4. The van der Waals surface area contributed by atoms with E-state index in [-0.39, 0.29) is 16.9 Å². The molecule has 0 aromatic heterocycles. The largest absolute Gasteiger partial charge is 0.490 e. The number of hydrogen-bond donors (Lipinski definition) is 2. The van der Waals surface area contributed by atoms with Gasteiger partial charge in [-0.3, -0.25) is 14.9 Å². The number of likely N-dealkylation sites (N-methyl/N-ethyl adjacent to an activating group) is 1. The highest BCUT2D eigenvalue weighted by Crippen LogP contribution is 2.14. The van der Waals surface area contributed by atoms with Crippen LogP contribution in [-0.2, 0) is 11.2 Å². The van der Waals surface area contributed by atoms with E-state index in [9.17, 15) is 9.59 Å². The van der Waals surface area contributed by atoms with Crippen molar-refractivity contribution < 1.29 is 19.1 Å². The molecule has 176 valence electrons. The van der Waals surface area contributed by atoms with Crippen molar-refractivity contribution in [3.8, 4) is 11.5 Å². The lowest BCUT2D eigenvalue weighted by atomic mass is 10.1. The molecule has 0 fully saturated rings. The number of carbonyl (C=O) groups is 2. The molecule has 0 bridgehead atoms. The third-order valence-electron chi connectivity index (χ3n) is 4.77. The van der Waals surface area contributed by atoms with Crippen LogP contribution >= 0.6 is 12.2 Å². The van der Waals surface area contributed by atoms with Crippen LogP contribution in [0.3, 0.4) is 0 Å². The third-order valence-corrected chi connectivity index (χ3v) is 4.98. The van der Waals surface area contributed by atoms with Gasteiger partial charge in [-0.2, -0.15) is 0 Å². The van der Waals surface area contributed by atoms with Crippen LogP contribution in [0.15, 0.2) is 78.9 Å². The number of thiocarbonyl (C=S) groups is 1. The maximum atomic E-state index is 12.5. The van der Waals surface area contributed by atoms with Crippen molar-refractivity contribution in [3.05, 3.63) is 90.0 Å². The van der Waals surface area contributed by atoms with Crippen molar-refractivity contribution in [3.63, 3.8) is 0 Å². The van der Waals surface area contributed by atoms with Gasteiger partial charge in [0, 0.05) is 25.3 Å². The number of benzene rings is 3. The second-order valence-corrected chi connectivity index (χ2v) is 8.01. The number of ether oxygens (including phenoxy) is 2. The van der Waals surface area contributed by atoms with Gasteiger partial charge in [0.15, 0.2) is 5.11 Å². The summed E-state index contributed by atoms with van der Waals surface area (Å²) < 4.78 is 11.2. The van der Waals surface area contributed by atoms with Gasteiger partial charge < -0.3 is 19.7 Å². The first kappa shape index (κ1) is 24.7. The Labute approximate surface area is 204 Å². The zero-order valence-corrected chi connectivity index (χ0v) is 19.9. The molecule has 0 atom stereocenters. The van der Waals surface area contributed by atoms with Crippen LogP contribution < -0.4 is 20.1 Å². The zero-order chi connectivity index (χ0) is 24.3. The maximum Gasteiger partial charge on any atom is 0.257 e. The number of anilines is 1. The summed E-state index contributed by atoms with van der Waals surface area (Å²) in [6.45, 7) is 0.801. The fourth-order valence-corrected chi connectivity index (χ4v) is 3.13. The highest BCUT2D eigenvalue weighted by molar-refractivity contribution is 7.80. The smallest absolute Gasteiger partial charge is 0.257 e. The molecule has 0 aliphatic rings. The average molecular weight is 478 g/mol. The fraction of sp³-hybridized carbons (Fsp3) is 0.192. The zero-order valence-electron chi connectivity index (χ0n) is 19.1. The van der Waals surface area contributed by atoms with Crippen LogP contribution in [0.5, 0.6) is 11.5 Å². The Morgan fingerprint density at radius 1 is 0.824 bits per heavy atom. The molecule has 7 nitrogen and oxygen atoms in total. The predicted octanol–water partition coefficient (Wildman–Crippen LogP) is 3.90.